The van der Waals surface area contributed by atoms with E-state index in [-0.39, 0.29) is 18.4 Å². The molecule has 0 aliphatic carbocycles. The monoisotopic (exact) mass is 213 g/mol. The Labute approximate surface area is 90.9 Å². The first-order valence-corrected chi connectivity index (χ1v) is 4.31. The van der Waals surface area contributed by atoms with Gasteiger partial charge in [0, 0.05) is 11.6 Å². The van der Waals surface area contributed by atoms with Gasteiger partial charge in [-0.1, -0.05) is 24.3 Å². The van der Waals surface area contributed by atoms with Crippen LogP contribution in [0.3, 0.4) is 0 Å². The van der Waals surface area contributed by atoms with Gasteiger partial charge in [-0.15, -0.1) is 19.0 Å². The first-order chi connectivity index (χ1) is 6.16. The number of rotatable bonds is 3. The molecular formula is C11H16ClNO. The molecule has 0 radical (unpaired) electrons. The Hall–Kier alpha value is -0.990. The summed E-state index contributed by atoms with van der Waals surface area (Å²) in [6.07, 6.45) is 2.43. The fourth-order valence-electron chi connectivity index (χ4n) is 1.29. The molecule has 0 amide bonds. The van der Waals surface area contributed by atoms with E-state index in [0.717, 1.165) is 11.1 Å². The van der Waals surface area contributed by atoms with Gasteiger partial charge in [-0.3, -0.25) is 0 Å². The van der Waals surface area contributed by atoms with Crippen LogP contribution in [0.5, 0.6) is 5.75 Å². The van der Waals surface area contributed by atoms with Crippen molar-refractivity contribution in [1.82, 2.24) is 0 Å². The van der Waals surface area contributed by atoms with E-state index in [2.05, 4.69) is 6.58 Å². The van der Waals surface area contributed by atoms with Gasteiger partial charge in [0.2, 0.25) is 0 Å². The minimum atomic E-state index is -0.155. The second-order valence-electron chi connectivity index (χ2n) is 3.14. The van der Waals surface area contributed by atoms with Gasteiger partial charge in [-0.05, 0) is 18.9 Å². The Bertz CT molecular complexity index is 312. The van der Waals surface area contributed by atoms with Gasteiger partial charge >= 0.3 is 0 Å². The first kappa shape index (κ1) is 13.0. The number of phenols is 1. The molecule has 1 atom stereocenters. The average Bonchev–Trinajstić information content (AvgIpc) is 2.10. The topological polar surface area (TPSA) is 46.2 Å². The molecule has 0 heterocycles. The van der Waals surface area contributed by atoms with E-state index in [1.807, 2.05) is 25.1 Å². The zero-order valence-electron chi connectivity index (χ0n) is 8.23. The number of nitrogens with two attached hydrogens (primary N) is 1. The summed E-state index contributed by atoms with van der Waals surface area (Å²) in [5.74, 6) is 0.303. The molecule has 14 heavy (non-hydrogen) atoms. The molecular weight excluding hydrogens is 198 g/mol. The lowest BCUT2D eigenvalue weighted by Crippen LogP contribution is -2.09. The Balaban J connectivity index is 0.00000169. The highest BCUT2D eigenvalue weighted by Gasteiger charge is 2.09. The summed E-state index contributed by atoms with van der Waals surface area (Å²) in [5, 5.41) is 9.68. The standard InChI is InChI=1S/C11H15NO.ClH/c1-3-5-10(12)9-7-4-6-8(2)11(9)13;/h3-4,6-7,10,13H,1,5,12H2,2H3;1H/t10-;/m1./s1. The third-order valence-corrected chi connectivity index (χ3v) is 2.09. The molecule has 78 valence electrons. The fourth-order valence-corrected chi connectivity index (χ4v) is 1.29. The van der Waals surface area contributed by atoms with Crippen LogP contribution in [0.1, 0.15) is 23.6 Å². The van der Waals surface area contributed by atoms with E-state index < -0.39 is 0 Å². The zero-order valence-corrected chi connectivity index (χ0v) is 9.05. The van der Waals surface area contributed by atoms with E-state index >= 15 is 0 Å². The normalized spacial score (nSPS) is 11.6. The van der Waals surface area contributed by atoms with E-state index in [1.165, 1.54) is 0 Å². The Morgan fingerprint density at radius 3 is 2.79 bits per heavy atom. The molecule has 3 N–H and O–H groups in total. The second-order valence-corrected chi connectivity index (χ2v) is 3.14. The van der Waals surface area contributed by atoms with Crippen molar-refractivity contribution in [2.75, 3.05) is 0 Å². The molecule has 0 spiro atoms. The third kappa shape index (κ3) is 2.76. The van der Waals surface area contributed by atoms with E-state index in [9.17, 15) is 5.11 Å². The van der Waals surface area contributed by atoms with Crippen molar-refractivity contribution in [1.29, 1.82) is 0 Å². The molecule has 0 bridgehead atoms. The molecule has 3 heteroatoms. The first-order valence-electron chi connectivity index (χ1n) is 4.31. The Morgan fingerprint density at radius 2 is 2.21 bits per heavy atom. The maximum absolute atomic E-state index is 9.68. The van der Waals surface area contributed by atoms with Crippen LogP contribution in [0.15, 0.2) is 30.9 Å². The number of benzene rings is 1. The molecule has 0 aliphatic heterocycles. The zero-order chi connectivity index (χ0) is 9.84. The van der Waals surface area contributed by atoms with Gasteiger partial charge in [0.15, 0.2) is 0 Å². The van der Waals surface area contributed by atoms with Gasteiger partial charge in [0.25, 0.3) is 0 Å². The Kier molecular flexibility index (Phi) is 5.28. The smallest absolute Gasteiger partial charge is 0.123 e. The molecule has 0 aliphatic rings. The largest absolute Gasteiger partial charge is 0.507 e. The summed E-state index contributed by atoms with van der Waals surface area (Å²) in [4.78, 5) is 0. The van der Waals surface area contributed by atoms with Crippen LogP contribution in [0.2, 0.25) is 0 Å². The van der Waals surface area contributed by atoms with Gasteiger partial charge in [-0.2, -0.15) is 0 Å². The maximum atomic E-state index is 9.68. The van der Waals surface area contributed by atoms with Crippen molar-refractivity contribution in [3.63, 3.8) is 0 Å². The van der Waals surface area contributed by atoms with Crippen LogP contribution >= 0.6 is 12.4 Å². The molecule has 2 nitrogen and oxygen atoms in total. The van der Waals surface area contributed by atoms with Crippen LogP contribution in [-0.2, 0) is 0 Å². The highest BCUT2D eigenvalue weighted by Crippen LogP contribution is 2.27. The minimum Gasteiger partial charge on any atom is -0.507 e. The van der Waals surface area contributed by atoms with Crippen LogP contribution < -0.4 is 5.73 Å². The van der Waals surface area contributed by atoms with E-state index in [0.29, 0.717) is 12.2 Å². The molecule has 0 saturated carbocycles. The van der Waals surface area contributed by atoms with Crippen molar-refractivity contribution in [3.8, 4) is 5.75 Å². The van der Waals surface area contributed by atoms with Crippen LogP contribution in [-0.4, -0.2) is 5.11 Å². The summed E-state index contributed by atoms with van der Waals surface area (Å²) in [7, 11) is 0. The predicted octanol–water partition coefficient (Wildman–Crippen LogP) is 2.70. The maximum Gasteiger partial charge on any atom is 0.123 e. The fraction of sp³-hybridized carbons (Fsp3) is 0.273. The summed E-state index contributed by atoms with van der Waals surface area (Å²) >= 11 is 0. The number of hydrogen-bond acceptors (Lipinski definition) is 2. The van der Waals surface area contributed by atoms with Gasteiger partial charge < -0.3 is 10.8 Å². The lowest BCUT2D eigenvalue weighted by atomic mass is 10.0. The summed E-state index contributed by atoms with van der Waals surface area (Å²) < 4.78 is 0. The minimum absolute atomic E-state index is 0. The number of aromatic hydroxyl groups is 1. The lowest BCUT2D eigenvalue weighted by molar-refractivity contribution is 0.457. The van der Waals surface area contributed by atoms with Gasteiger partial charge in [-0.25, -0.2) is 0 Å². The lowest BCUT2D eigenvalue weighted by Gasteiger charge is -2.12. The van der Waals surface area contributed by atoms with Crippen LogP contribution in [0.4, 0.5) is 0 Å². The summed E-state index contributed by atoms with van der Waals surface area (Å²) in [6.45, 7) is 5.48. The predicted molar refractivity (Wildman–Crippen MR) is 61.8 cm³/mol. The van der Waals surface area contributed by atoms with E-state index in [4.69, 9.17) is 5.73 Å². The Morgan fingerprint density at radius 1 is 1.57 bits per heavy atom. The quantitative estimate of drug-likeness (QED) is 0.759. The van der Waals surface area contributed by atoms with Gasteiger partial charge in [0.05, 0.1) is 0 Å². The van der Waals surface area contributed by atoms with Crippen LogP contribution in [0.25, 0.3) is 0 Å². The van der Waals surface area contributed by atoms with Crippen molar-refractivity contribution < 1.29 is 5.11 Å². The number of hydrogen-bond donors (Lipinski definition) is 2. The third-order valence-electron chi connectivity index (χ3n) is 2.09. The number of aryl methyl sites for hydroxylation is 1. The number of phenolic OH excluding ortho intramolecular Hbond substituents is 1. The van der Waals surface area contributed by atoms with E-state index in [1.54, 1.807) is 6.08 Å². The molecule has 1 aromatic carbocycles. The average molecular weight is 214 g/mol. The highest BCUT2D eigenvalue weighted by molar-refractivity contribution is 5.85. The molecule has 0 fully saturated rings. The van der Waals surface area contributed by atoms with Crippen LogP contribution in [0, 0.1) is 6.92 Å². The van der Waals surface area contributed by atoms with Crippen molar-refractivity contribution in [2.24, 2.45) is 5.73 Å². The molecule has 1 aromatic rings. The number of halogens is 1. The summed E-state index contributed by atoms with van der Waals surface area (Å²) in [6, 6.07) is 5.45. The van der Waals surface area contributed by atoms with Crippen molar-refractivity contribution in [2.45, 2.75) is 19.4 Å². The second kappa shape index (κ2) is 5.68. The molecule has 0 unspecified atom stereocenters. The summed E-state index contributed by atoms with van der Waals surface area (Å²) in [5.41, 5.74) is 7.49. The molecule has 0 saturated heterocycles. The SMILES string of the molecule is C=CC[C@@H](N)c1cccc(C)c1O.Cl. The van der Waals surface area contributed by atoms with Crippen molar-refractivity contribution >= 4 is 12.4 Å². The van der Waals surface area contributed by atoms with Gasteiger partial charge in [0.1, 0.15) is 5.75 Å². The number of para-hydroxylation sites is 1. The van der Waals surface area contributed by atoms with Crippen molar-refractivity contribution in [3.05, 3.63) is 42.0 Å². The molecule has 0 aromatic heterocycles. The highest BCUT2D eigenvalue weighted by atomic mass is 35.5. The molecule has 1 rings (SSSR count).